The number of nitriles is 1. The number of benzene rings is 2. The van der Waals surface area contributed by atoms with Crippen LogP contribution in [0.1, 0.15) is 23.6 Å². The van der Waals surface area contributed by atoms with Crippen molar-refractivity contribution in [2.45, 2.75) is 26.9 Å². The fraction of sp³-hybridized carbons (Fsp3) is 0.211. The van der Waals surface area contributed by atoms with E-state index in [4.69, 9.17) is 22.2 Å². The zero-order chi connectivity index (χ0) is 19.1. The van der Waals surface area contributed by atoms with E-state index < -0.39 is 6.10 Å². The molecule has 0 aliphatic carbocycles. The normalized spacial score (nSPS) is 11.0. The van der Waals surface area contributed by atoms with Gasteiger partial charge < -0.3 is 10.1 Å². The van der Waals surface area contributed by atoms with Crippen molar-refractivity contribution in [1.82, 2.24) is 10.9 Å². The Morgan fingerprint density at radius 2 is 1.85 bits per heavy atom. The molecule has 0 bridgehead atoms. The summed E-state index contributed by atoms with van der Waals surface area (Å²) in [6, 6.07) is 14.5. The average molecular weight is 368 g/mol. The summed E-state index contributed by atoms with van der Waals surface area (Å²) < 4.78 is 5.54. The molecule has 0 fully saturated rings. The first-order valence-electron chi connectivity index (χ1n) is 8.00. The Kier molecular flexibility index (Phi) is 6.53. The molecule has 0 radical (unpaired) electrons. The molecule has 0 unspecified atom stereocenters. The first kappa shape index (κ1) is 19.2. The van der Waals surface area contributed by atoms with Gasteiger partial charge in [-0.05, 0) is 74.4 Å². The standard InChI is InChI=1S/C19H20N4O2S/c1-12-4-5-13(2)17(10-12)21-19(26)23-22-18(24)14(3)25-16-8-6-15(11-20)7-9-16/h4-10,14H,1-3H3,(H,22,24)(H2,21,23,26)/t14-/m0/s1. The van der Waals surface area contributed by atoms with Gasteiger partial charge in [0.05, 0.1) is 11.6 Å². The fourth-order valence-corrected chi connectivity index (χ4v) is 2.27. The second kappa shape index (κ2) is 8.83. The number of hydrogen-bond donors (Lipinski definition) is 3. The van der Waals surface area contributed by atoms with E-state index in [-0.39, 0.29) is 11.0 Å². The predicted octanol–water partition coefficient (Wildman–Crippen LogP) is 2.96. The average Bonchev–Trinajstić information content (AvgIpc) is 2.63. The van der Waals surface area contributed by atoms with Gasteiger partial charge in [-0.15, -0.1) is 0 Å². The second-order valence-corrected chi connectivity index (χ2v) is 6.19. The Balaban J connectivity index is 1.83. The van der Waals surface area contributed by atoms with Gasteiger partial charge >= 0.3 is 0 Å². The van der Waals surface area contributed by atoms with Gasteiger partial charge in [0.1, 0.15) is 5.75 Å². The molecule has 3 N–H and O–H groups in total. The highest BCUT2D eigenvalue weighted by Gasteiger charge is 2.15. The monoisotopic (exact) mass is 368 g/mol. The Morgan fingerprint density at radius 1 is 1.15 bits per heavy atom. The van der Waals surface area contributed by atoms with E-state index in [9.17, 15) is 4.79 Å². The van der Waals surface area contributed by atoms with E-state index in [1.54, 1.807) is 31.2 Å². The van der Waals surface area contributed by atoms with E-state index in [0.717, 1.165) is 16.8 Å². The van der Waals surface area contributed by atoms with Crippen molar-refractivity contribution in [2.24, 2.45) is 0 Å². The first-order valence-corrected chi connectivity index (χ1v) is 8.41. The maximum Gasteiger partial charge on any atom is 0.279 e. The minimum Gasteiger partial charge on any atom is -0.481 e. The Hall–Kier alpha value is -3.11. The van der Waals surface area contributed by atoms with Crippen LogP contribution in [0.2, 0.25) is 0 Å². The van der Waals surface area contributed by atoms with Crippen LogP contribution in [0.4, 0.5) is 5.69 Å². The van der Waals surface area contributed by atoms with E-state index in [0.29, 0.717) is 11.3 Å². The van der Waals surface area contributed by atoms with Gasteiger partial charge in [0.15, 0.2) is 11.2 Å². The topological polar surface area (TPSA) is 86.2 Å². The third-order valence-electron chi connectivity index (χ3n) is 3.61. The number of anilines is 1. The summed E-state index contributed by atoms with van der Waals surface area (Å²) in [4.78, 5) is 12.1. The van der Waals surface area contributed by atoms with Crippen molar-refractivity contribution in [1.29, 1.82) is 5.26 Å². The summed E-state index contributed by atoms with van der Waals surface area (Å²) in [5, 5.41) is 12.1. The molecular formula is C19H20N4O2S. The lowest BCUT2D eigenvalue weighted by atomic mass is 10.1. The van der Waals surface area contributed by atoms with E-state index in [1.165, 1.54) is 0 Å². The van der Waals surface area contributed by atoms with Crippen LogP contribution in [0.15, 0.2) is 42.5 Å². The molecule has 0 saturated heterocycles. The molecule has 0 heterocycles. The van der Waals surface area contributed by atoms with E-state index in [2.05, 4.69) is 16.2 Å². The quantitative estimate of drug-likeness (QED) is 0.568. The van der Waals surface area contributed by atoms with E-state index >= 15 is 0 Å². The molecule has 2 aromatic rings. The highest BCUT2D eigenvalue weighted by Crippen LogP contribution is 2.16. The van der Waals surface area contributed by atoms with Crippen molar-refractivity contribution >= 4 is 28.9 Å². The molecule has 2 rings (SSSR count). The fourth-order valence-electron chi connectivity index (χ4n) is 2.11. The highest BCUT2D eigenvalue weighted by atomic mass is 32.1. The second-order valence-electron chi connectivity index (χ2n) is 5.78. The van der Waals surface area contributed by atoms with Gasteiger partial charge in [0.2, 0.25) is 0 Å². The number of nitrogens with one attached hydrogen (secondary N) is 3. The van der Waals surface area contributed by atoms with E-state index in [1.807, 2.05) is 38.1 Å². The molecule has 134 valence electrons. The number of ether oxygens (including phenoxy) is 1. The summed E-state index contributed by atoms with van der Waals surface area (Å²) in [5.74, 6) is 0.127. The van der Waals surface area contributed by atoms with Crippen LogP contribution in [0.5, 0.6) is 5.75 Å². The van der Waals surface area contributed by atoms with Crippen LogP contribution in [0.3, 0.4) is 0 Å². The molecule has 0 saturated carbocycles. The van der Waals surface area contributed by atoms with Crippen LogP contribution in [-0.2, 0) is 4.79 Å². The van der Waals surface area contributed by atoms with Gasteiger partial charge in [0, 0.05) is 5.69 Å². The van der Waals surface area contributed by atoms with Gasteiger partial charge in [0.25, 0.3) is 5.91 Å². The molecule has 6 nitrogen and oxygen atoms in total. The number of nitrogens with zero attached hydrogens (tertiary/aromatic N) is 1. The zero-order valence-electron chi connectivity index (χ0n) is 14.8. The highest BCUT2D eigenvalue weighted by molar-refractivity contribution is 7.80. The van der Waals surface area contributed by atoms with Gasteiger partial charge in [-0.25, -0.2) is 0 Å². The van der Waals surface area contributed by atoms with Gasteiger partial charge in [-0.2, -0.15) is 5.26 Å². The predicted molar refractivity (Wildman–Crippen MR) is 105 cm³/mol. The third kappa shape index (κ3) is 5.46. The Bertz CT molecular complexity index is 844. The molecule has 1 amide bonds. The molecule has 26 heavy (non-hydrogen) atoms. The SMILES string of the molecule is Cc1ccc(C)c(NC(=S)NNC(=O)[C@H](C)Oc2ccc(C#N)cc2)c1. The summed E-state index contributed by atoms with van der Waals surface area (Å²) >= 11 is 5.19. The zero-order valence-corrected chi connectivity index (χ0v) is 15.6. The Labute approximate surface area is 158 Å². The van der Waals surface area contributed by atoms with Crippen LogP contribution < -0.4 is 20.9 Å². The number of carbonyl (C=O) groups excluding carboxylic acids is 1. The molecular weight excluding hydrogens is 348 g/mol. The number of aryl methyl sites for hydroxylation is 2. The van der Waals surface area contributed by atoms with Crippen LogP contribution in [-0.4, -0.2) is 17.1 Å². The molecule has 0 aliphatic rings. The minimum atomic E-state index is -0.737. The largest absolute Gasteiger partial charge is 0.481 e. The third-order valence-corrected chi connectivity index (χ3v) is 3.81. The molecule has 0 aliphatic heterocycles. The number of carbonyl (C=O) groups is 1. The lowest BCUT2D eigenvalue weighted by Gasteiger charge is -2.17. The van der Waals surface area contributed by atoms with Crippen LogP contribution >= 0.6 is 12.2 Å². The smallest absolute Gasteiger partial charge is 0.279 e. The minimum absolute atomic E-state index is 0.276. The molecule has 0 spiro atoms. The van der Waals surface area contributed by atoms with Gasteiger partial charge in [-0.3, -0.25) is 15.6 Å². The van der Waals surface area contributed by atoms with Crippen LogP contribution in [0, 0.1) is 25.2 Å². The van der Waals surface area contributed by atoms with Crippen molar-refractivity contribution in [3.05, 3.63) is 59.2 Å². The molecule has 7 heteroatoms. The first-order chi connectivity index (χ1) is 12.4. The lowest BCUT2D eigenvalue weighted by molar-refractivity contribution is -0.127. The van der Waals surface area contributed by atoms with Gasteiger partial charge in [-0.1, -0.05) is 12.1 Å². The summed E-state index contributed by atoms with van der Waals surface area (Å²) in [5.41, 5.74) is 8.72. The van der Waals surface area contributed by atoms with Crippen molar-refractivity contribution in [3.8, 4) is 11.8 Å². The number of amides is 1. The number of hydrazine groups is 1. The molecule has 2 aromatic carbocycles. The van der Waals surface area contributed by atoms with Crippen molar-refractivity contribution in [2.75, 3.05) is 5.32 Å². The molecule has 0 aromatic heterocycles. The summed E-state index contributed by atoms with van der Waals surface area (Å²) in [7, 11) is 0. The molecule has 1 atom stereocenters. The summed E-state index contributed by atoms with van der Waals surface area (Å²) in [6.07, 6.45) is -0.737. The summed E-state index contributed by atoms with van der Waals surface area (Å²) in [6.45, 7) is 5.58. The number of hydrogen-bond acceptors (Lipinski definition) is 4. The van der Waals surface area contributed by atoms with Crippen LogP contribution in [0.25, 0.3) is 0 Å². The number of thiocarbonyl (C=S) groups is 1. The maximum atomic E-state index is 12.1. The number of rotatable bonds is 4. The lowest BCUT2D eigenvalue weighted by Crippen LogP contribution is -2.48. The Morgan fingerprint density at radius 3 is 2.50 bits per heavy atom. The van der Waals surface area contributed by atoms with Crippen molar-refractivity contribution < 1.29 is 9.53 Å². The van der Waals surface area contributed by atoms with Crippen molar-refractivity contribution in [3.63, 3.8) is 0 Å². The maximum absolute atomic E-state index is 12.1.